The Morgan fingerprint density at radius 3 is 2.44 bits per heavy atom. The molecule has 100 valence electrons. The number of nitrogens with two attached hydrogens (primary N) is 1. The van der Waals surface area contributed by atoms with Gasteiger partial charge in [0, 0.05) is 17.2 Å². The maximum Gasteiger partial charge on any atom is 0.305 e. The highest BCUT2D eigenvalue weighted by Gasteiger charge is 2.21. The van der Waals surface area contributed by atoms with E-state index >= 15 is 0 Å². The molecule has 0 saturated heterocycles. The molecule has 0 bridgehead atoms. The Kier molecular flexibility index (Phi) is 4.55. The summed E-state index contributed by atoms with van der Waals surface area (Å²) in [6.45, 7) is 3.72. The number of aliphatic carboxylic acids is 1. The summed E-state index contributed by atoms with van der Waals surface area (Å²) in [5.41, 5.74) is 8.34. The number of hydrogen-bond donors (Lipinski definition) is 2. The highest BCUT2D eigenvalue weighted by molar-refractivity contribution is 5.69. The number of aryl methyl sites for hydroxylation is 1. The number of benzene rings is 1. The van der Waals surface area contributed by atoms with Crippen molar-refractivity contribution in [2.24, 2.45) is 5.73 Å². The van der Waals surface area contributed by atoms with E-state index in [1.165, 1.54) is 7.11 Å². The number of carboxylic acid groups (broad SMARTS) is 1. The van der Waals surface area contributed by atoms with Crippen LogP contribution in [0.4, 0.5) is 0 Å². The van der Waals surface area contributed by atoms with E-state index in [9.17, 15) is 4.79 Å². The first-order valence-corrected chi connectivity index (χ1v) is 5.61. The summed E-state index contributed by atoms with van der Waals surface area (Å²) in [6.07, 6.45) is -0.136. The molecule has 1 rings (SSSR count). The average molecular weight is 253 g/mol. The Balaban J connectivity index is 3.34. The van der Waals surface area contributed by atoms with Crippen LogP contribution in [-0.4, -0.2) is 25.3 Å². The number of rotatable bonds is 5. The smallest absolute Gasteiger partial charge is 0.305 e. The molecule has 1 aromatic rings. The van der Waals surface area contributed by atoms with Crippen molar-refractivity contribution in [3.8, 4) is 11.5 Å². The summed E-state index contributed by atoms with van der Waals surface area (Å²) in [7, 11) is 3.12. The SMILES string of the molecule is COc1cc(C)c(C(N)CC(=O)O)c(OC)c1C. The molecule has 0 radical (unpaired) electrons. The fraction of sp³-hybridized carbons (Fsp3) is 0.462. The minimum Gasteiger partial charge on any atom is -0.496 e. The lowest BCUT2D eigenvalue weighted by Gasteiger charge is -2.20. The largest absolute Gasteiger partial charge is 0.496 e. The van der Waals surface area contributed by atoms with Gasteiger partial charge in [0.1, 0.15) is 11.5 Å². The van der Waals surface area contributed by atoms with Crippen LogP contribution in [0.1, 0.15) is 29.2 Å². The van der Waals surface area contributed by atoms with Crippen molar-refractivity contribution >= 4 is 5.97 Å². The number of ether oxygens (including phenoxy) is 2. The summed E-state index contributed by atoms with van der Waals surface area (Å²) in [5, 5.41) is 8.82. The third-order valence-electron chi connectivity index (χ3n) is 2.92. The van der Waals surface area contributed by atoms with E-state index in [0.717, 1.165) is 16.7 Å². The van der Waals surface area contributed by atoms with Gasteiger partial charge in [0.05, 0.1) is 20.6 Å². The second-order valence-corrected chi connectivity index (χ2v) is 4.17. The Morgan fingerprint density at radius 1 is 1.39 bits per heavy atom. The zero-order valence-electron chi connectivity index (χ0n) is 11.1. The summed E-state index contributed by atoms with van der Waals surface area (Å²) in [5.74, 6) is 0.369. The van der Waals surface area contributed by atoms with Gasteiger partial charge in [-0.25, -0.2) is 0 Å². The van der Waals surface area contributed by atoms with Crippen LogP contribution in [0.25, 0.3) is 0 Å². The van der Waals surface area contributed by atoms with Crippen LogP contribution in [0.3, 0.4) is 0 Å². The zero-order chi connectivity index (χ0) is 13.9. The third kappa shape index (κ3) is 2.73. The van der Waals surface area contributed by atoms with Crippen molar-refractivity contribution in [3.05, 3.63) is 22.8 Å². The molecule has 0 aliphatic carbocycles. The molecule has 3 N–H and O–H groups in total. The Labute approximate surface area is 107 Å². The van der Waals surface area contributed by atoms with Gasteiger partial charge in [-0.1, -0.05) is 0 Å². The molecular weight excluding hydrogens is 234 g/mol. The molecule has 0 saturated carbocycles. The Hall–Kier alpha value is -1.75. The van der Waals surface area contributed by atoms with Gasteiger partial charge < -0.3 is 20.3 Å². The van der Waals surface area contributed by atoms with E-state index in [1.54, 1.807) is 7.11 Å². The molecular formula is C13H19NO4. The molecule has 0 fully saturated rings. The quantitative estimate of drug-likeness (QED) is 0.836. The number of carbonyl (C=O) groups is 1. The second kappa shape index (κ2) is 5.73. The maximum atomic E-state index is 10.8. The lowest BCUT2D eigenvalue weighted by molar-refractivity contribution is -0.137. The van der Waals surface area contributed by atoms with Crippen LogP contribution in [0.2, 0.25) is 0 Å². The van der Waals surface area contributed by atoms with Crippen LogP contribution in [-0.2, 0) is 4.79 Å². The molecule has 0 aliphatic heterocycles. The van der Waals surface area contributed by atoms with E-state index in [0.29, 0.717) is 11.5 Å². The van der Waals surface area contributed by atoms with Crippen molar-refractivity contribution in [1.29, 1.82) is 0 Å². The molecule has 1 aromatic carbocycles. The monoisotopic (exact) mass is 253 g/mol. The Bertz CT molecular complexity index is 457. The van der Waals surface area contributed by atoms with Gasteiger partial charge in [-0.05, 0) is 25.5 Å². The minimum absolute atomic E-state index is 0.136. The molecule has 1 atom stereocenters. The van der Waals surface area contributed by atoms with Gasteiger partial charge in [0.2, 0.25) is 0 Å². The van der Waals surface area contributed by atoms with Crippen molar-refractivity contribution in [3.63, 3.8) is 0 Å². The lowest BCUT2D eigenvalue weighted by Crippen LogP contribution is -2.17. The summed E-state index contributed by atoms with van der Waals surface area (Å²) in [4.78, 5) is 10.8. The van der Waals surface area contributed by atoms with Crippen molar-refractivity contribution in [2.75, 3.05) is 14.2 Å². The summed E-state index contributed by atoms with van der Waals surface area (Å²) in [6, 6.07) is 1.25. The van der Waals surface area contributed by atoms with Crippen LogP contribution >= 0.6 is 0 Å². The summed E-state index contributed by atoms with van der Waals surface area (Å²) >= 11 is 0. The van der Waals surface area contributed by atoms with Crippen molar-refractivity contribution in [1.82, 2.24) is 0 Å². The zero-order valence-corrected chi connectivity index (χ0v) is 11.1. The molecule has 0 aliphatic rings. The van der Waals surface area contributed by atoms with Gasteiger partial charge >= 0.3 is 5.97 Å². The molecule has 0 spiro atoms. The minimum atomic E-state index is -0.933. The molecule has 0 aromatic heterocycles. The number of methoxy groups -OCH3 is 2. The fourth-order valence-electron chi connectivity index (χ4n) is 2.10. The molecule has 1 unspecified atom stereocenters. The highest BCUT2D eigenvalue weighted by Crippen LogP contribution is 2.37. The first-order chi connectivity index (χ1) is 8.42. The third-order valence-corrected chi connectivity index (χ3v) is 2.92. The molecule has 0 heterocycles. The highest BCUT2D eigenvalue weighted by atomic mass is 16.5. The van der Waals surface area contributed by atoms with E-state index < -0.39 is 12.0 Å². The topological polar surface area (TPSA) is 81.8 Å². The van der Waals surface area contributed by atoms with Crippen LogP contribution < -0.4 is 15.2 Å². The van der Waals surface area contributed by atoms with Gasteiger partial charge in [-0.3, -0.25) is 4.79 Å². The van der Waals surface area contributed by atoms with E-state index in [4.69, 9.17) is 20.3 Å². The van der Waals surface area contributed by atoms with Crippen LogP contribution in [0.15, 0.2) is 6.07 Å². The maximum absolute atomic E-state index is 10.8. The van der Waals surface area contributed by atoms with E-state index in [1.807, 2.05) is 19.9 Å². The van der Waals surface area contributed by atoms with Gasteiger partial charge in [-0.15, -0.1) is 0 Å². The van der Waals surface area contributed by atoms with Gasteiger partial charge in [0.15, 0.2) is 0 Å². The number of carboxylic acids is 1. The summed E-state index contributed by atoms with van der Waals surface area (Å²) < 4.78 is 10.6. The lowest BCUT2D eigenvalue weighted by atomic mass is 9.95. The fourth-order valence-corrected chi connectivity index (χ4v) is 2.10. The van der Waals surface area contributed by atoms with Crippen molar-refractivity contribution < 1.29 is 19.4 Å². The first kappa shape index (κ1) is 14.3. The molecule has 0 amide bonds. The van der Waals surface area contributed by atoms with E-state index in [-0.39, 0.29) is 6.42 Å². The normalized spacial score (nSPS) is 12.1. The standard InChI is InChI=1S/C13H19NO4/c1-7-5-10(17-3)8(2)13(18-4)12(7)9(14)6-11(15)16/h5,9H,6,14H2,1-4H3,(H,15,16). The van der Waals surface area contributed by atoms with Crippen molar-refractivity contribution in [2.45, 2.75) is 26.3 Å². The first-order valence-electron chi connectivity index (χ1n) is 5.61. The predicted molar refractivity (Wildman–Crippen MR) is 68.2 cm³/mol. The average Bonchev–Trinajstić information content (AvgIpc) is 2.29. The number of hydrogen-bond acceptors (Lipinski definition) is 4. The predicted octanol–water partition coefficient (Wildman–Crippen LogP) is 1.80. The molecule has 5 nitrogen and oxygen atoms in total. The van der Waals surface area contributed by atoms with E-state index in [2.05, 4.69) is 0 Å². The molecule has 18 heavy (non-hydrogen) atoms. The van der Waals surface area contributed by atoms with Gasteiger partial charge in [-0.2, -0.15) is 0 Å². The molecule has 5 heteroatoms. The van der Waals surface area contributed by atoms with Gasteiger partial charge in [0.25, 0.3) is 0 Å². The van der Waals surface area contributed by atoms with Crippen LogP contribution in [0, 0.1) is 13.8 Å². The van der Waals surface area contributed by atoms with Crippen LogP contribution in [0.5, 0.6) is 11.5 Å². The Morgan fingerprint density at radius 2 is 2.00 bits per heavy atom. The second-order valence-electron chi connectivity index (χ2n) is 4.17.